The third-order valence-electron chi connectivity index (χ3n) is 3.44. The molecule has 0 saturated heterocycles. The number of hydrogen-bond donors (Lipinski definition) is 2. The van der Waals surface area contributed by atoms with Gasteiger partial charge in [-0.25, -0.2) is 0 Å². The predicted octanol–water partition coefficient (Wildman–Crippen LogP) is 1.71. The summed E-state index contributed by atoms with van der Waals surface area (Å²) in [5.41, 5.74) is 1.70. The second kappa shape index (κ2) is 6.31. The Balaban J connectivity index is 1.69. The van der Waals surface area contributed by atoms with Crippen LogP contribution in [0.4, 0.5) is 0 Å². The van der Waals surface area contributed by atoms with E-state index in [1.807, 2.05) is 24.3 Å². The summed E-state index contributed by atoms with van der Waals surface area (Å²) in [5, 5.41) is 9.82. The fourth-order valence-corrected chi connectivity index (χ4v) is 2.54. The number of halogens is 1. The lowest BCUT2D eigenvalue weighted by atomic mass is 10.2. The number of carbonyl (C=O) groups is 2. The Bertz CT molecular complexity index is 709. The van der Waals surface area contributed by atoms with Crippen LogP contribution < -0.4 is 10.6 Å². The van der Waals surface area contributed by atoms with Crippen LogP contribution >= 0.6 is 15.9 Å². The summed E-state index contributed by atoms with van der Waals surface area (Å²) < 4.78 is 2.59. The van der Waals surface area contributed by atoms with Gasteiger partial charge in [-0.05, 0) is 24.1 Å². The molecule has 1 aliphatic rings. The highest BCUT2D eigenvalue weighted by atomic mass is 79.9. The second-order valence-electron chi connectivity index (χ2n) is 5.06. The monoisotopic (exact) mass is 362 g/mol. The number of aromatic nitrogens is 2. The number of carbonyl (C=O) groups excluding carboxylic acids is 2. The molecule has 22 heavy (non-hydrogen) atoms. The van der Waals surface area contributed by atoms with E-state index in [2.05, 4.69) is 31.7 Å². The highest BCUT2D eigenvalue weighted by molar-refractivity contribution is 9.10. The van der Waals surface area contributed by atoms with Gasteiger partial charge in [-0.1, -0.05) is 28.1 Å². The van der Waals surface area contributed by atoms with Gasteiger partial charge in [0.15, 0.2) is 5.69 Å². The lowest BCUT2D eigenvalue weighted by molar-refractivity contribution is 0.0940. The molecule has 0 bridgehead atoms. The first-order valence-electron chi connectivity index (χ1n) is 7.02. The van der Waals surface area contributed by atoms with Gasteiger partial charge in [-0.2, -0.15) is 5.10 Å². The molecule has 0 spiro atoms. The first-order chi connectivity index (χ1) is 10.6. The van der Waals surface area contributed by atoms with Crippen molar-refractivity contribution in [1.29, 1.82) is 0 Å². The van der Waals surface area contributed by atoms with Gasteiger partial charge >= 0.3 is 0 Å². The van der Waals surface area contributed by atoms with Crippen molar-refractivity contribution in [3.8, 4) is 0 Å². The molecule has 3 rings (SSSR count). The van der Waals surface area contributed by atoms with Crippen LogP contribution in [0.2, 0.25) is 0 Å². The highest BCUT2D eigenvalue weighted by Crippen LogP contribution is 2.11. The molecule has 0 aliphatic carbocycles. The molecular formula is C15H15BrN4O2. The maximum absolute atomic E-state index is 12.2. The standard InChI is InChI=1S/C15H15BrN4O2/c16-11-4-2-10(3-5-11)9-18-14(21)12-8-13-15(22)17-6-1-7-20(13)19-12/h2-5,8H,1,6-7,9H2,(H,17,22)(H,18,21). The maximum Gasteiger partial charge on any atom is 0.272 e. The lowest BCUT2D eigenvalue weighted by Gasteiger charge is -2.03. The van der Waals surface area contributed by atoms with E-state index in [9.17, 15) is 9.59 Å². The Labute approximate surface area is 136 Å². The van der Waals surface area contributed by atoms with Crippen LogP contribution in [0.15, 0.2) is 34.8 Å². The van der Waals surface area contributed by atoms with Crippen molar-refractivity contribution in [2.24, 2.45) is 0 Å². The van der Waals surface area contributed by atoms with Crippen LogP contribution in [0.25, 0.3) is 0 Å². The number of fused-ring (bicyclic) bond motifs is 1. The van der Waals surface area contributed by atoms with Gasteiger partial charge in [0.25, 0.3) is 11.8 Å². The molecule has 2 amide bonds. The van der Waals surface area contributed by atoms with Gasteiger partial charge in [-0.3, -0.25) is 14.3 Å². The molecule has 114 valence electrons. The number of rotatable bonds is 3. The van der Waals surface area contributed by atoms with E-state index in [-0.39, 0.29) is 17.5 Å². The quantitative estimate of drug-likeness (QED) is 0.872. The van der Waals surface area contributed by atoms with Crippen LogP contribution in [-0.2, 0) is 13.1 Å². The third kappa shape index (κ3) is 3.19. The minimum atomic E-state index is -0.281. The van der Waals surface area contributed by atoms with Crippen molar-refractivity contribution in [3.05, 3.63) is 51.8 Å². The summed E-state index contributed by atoms with van der Waals surface area (Å²) >= 11 is 3.37. The van der Waals surface area contributed by atoms with Gasteiger partial charge in [0.05, 0.1) is 0 Å². The molecule has 0 radical (unpaired) electrons. The zero-order valence-corrected chi connectivity index (χ0v) is 13.4. The molecule has 0 unspecified atom stereocenters. The number of aryl methyl sites for hydroxylation is 1. The minimum Gasteiger partial charge on any atom is -0.351 e. The summed E-state index contributed by atoms with van der Waals surface area (Å²) in [4.78, 5) is 24.0. The van der Waals surface area contributed by atoms with Crippen molar-refractivity contribution in [2.75, 3.05) is 6.54 Å². The summed E-state index contributed by atoms with van der Waals surface area (Å²) in [6.45, 7) is 1.68. The summed E-state index contributed by atoms with van der Waals surface area (Å²) in [5.74, 6) is -0.465. The molecule has 2 heterocycles. The van der Waals surface area contributed by atoms with E-state index in [0.717, 1.165) is 16.5 Å². The summed E-state index contributed by atoms with van der Waals surface area (Å²) in [6, 6.07) is 9.24. The topological polar surface area (TPSA) is 76.0 Å². The molecule has 1 aromatic carbocycles. The highest BCUT2D eigenvalue weighted by Gasteiger charge is 2.20. The van der Waals surface area contributed by atoms with Crippen molar-refractivity contribution in [1.82, 2.24) is 20.4 Å². The number of nitrogens with zero attached hydrogens (tertiary/aromatic N) is 2. The molecule has 0 atom stereocenters. The van der Waals surface area contributed by atoms with Crippen LogP contribution in [0, 0.1) is 0 Å². The van der Waals surface area contributed by atoms with E-state index >= 15 is 0 Å². The molecule has 6 nitrogen and oxygen atoms in total. The van der Waals surface area contributed by atoms with Gasteiger partial charge < -0.3 is 10.6 Å². The van der Waals surface area contributed by atoms with Gasteiger partial charge in [-0.15, -0.1) is 0 Å². The van der Waals surface area contributed by atoms with Crippen LogP contribution in [0.1, 0.15) is 33.0 Å². The molecular weight excluding hydrogens is 348 g/mol. The fraction of sp³-hybridized carbons (Fsp3) is 0.267. The molecule has 7 heteroatoms. The van der Waals surface area contributed by atoms with E-state index in [0.29, 0.717) is 25.3 Å². The average molecular weight is 363 g/mol. The first kappa shape index (κ1) is 14.8. The molecule has 0 fully saturated rings. The molecule has 0 saturated carbocycles. The van der Waals surface area contributed by atoms with E-state index in [1.54, 1.807) is 4.68 Å². The second-order valence-corrected chi connectivity index (χ2v) is 5.97. The van der Waals surface area contributed by atoms with Gasteiger partial charge in [0.2, 0.25) is 0 Å². The average Bonchev–Trinajstić information content (AvgIpc) is 2.87. The summed E-state index contributed by atoms with van der Waals surface area (Å²) in [6.07, 6.45) is 0.806. The largest absolute Gasteiger partial charge is 0.351 e. The van der Waals surface area contributed by atoms with E-state index in [4.69, 9.17) is 0 Å². The normalized spacial score (nSPS) is 14.0. The van der Waals surface area contributed by atoms with Crippen LogP contribution in [0.3, 0.4) is 0 Å². The van der Waals surface area contributed by atoms with Crippen molar-refractivity contribution in [3.63, 3.8) is 0 Å². The number of benzene rings is 1. The molecule has 2 N–H and O–H groups in total. The van der Waals surface area contributed by atoms with Crippen LogP contribution in [-0.4, -0.2) is 28.1 Å². The SMILES string of the molecule is O=C(NCc1ccc(Br)cc1)c1cc2n(n1)CCCNC2=O. The maximum atomic E-state index is 12.2. The number of amides is 2. The first-order valence-corrected chi connectivity index (χ1v) is 7.81. The minimum absolute atomic E-state index is 0.183. The lowest BCUT2D eigenvalue weighted by Crippen LogP contribution is -2.24. The fourth-order valence-electron chi connectivity index (χ4n) is 2.28. The van der Waals surface area contributed by atoms with E-state index in [1.165, 1.54) is 6.07 Å². The Morgan fingerprint density at radius 1 is 1.36 bits per heavy atom. The van der Waals surface area contributed by atoms with Gasteiger partial charge in [0, 0.05) is 30.2 Å². The smallest absolute Gasteiger partial charge is 0.272 e. The van der Waals surface area contributed by atoms with Crippen LogP contribution in [0.5, 0.6) is 0 Å². The van der Waals surface area contributed by atoms with Crippen molar-refractivity contribution in [2.45, 2.75) is 19.5 Å². The zero-order chi connectivity index (χ0) is 15.5. The Hall–Kier alpha value is -2.15. The van der Waals surface area contributed by atoms with Crippen molar-refractivity contribution >= 4 is 27.7 Å². The third-order valence-corrected chi connectivity index (χ3v) is 3.97. The van der Waals surface area contributed by atoms with E-state index < -0.39 is 0 Å². The number of nitrogens with one attached hydrogen (secondary N) is 2. The summed E-state index contributed by atoms with van der Waals surface area (Å²) in [7, 11) is 0. The predicted molar refractivity (Wildman–Crippen MR) is 84.5 cm³/mol. The Morgan fingerprint density at radius 2 is 2.14 bits per heavy atom. The Kier molecular flexibility index (Phi) is 4.24. The Morgan fingerprint density at radius 3 is 2.91 bits per heavy atom. The zero-order valence-electron chi connectivity index (χ0n) is 11.8. The molecule has 1 aliphatic heterocycles. The number of hydrogen-bond acceptors (Lipinski definition) is 3. The van der Waals surface area contributed by atoms with Gasteiger partial charge in [0.1, 0.15) is 5.69 Å². The molecule has 1 aromatic heterocycles. The van der Waals surface area contributed by atoms with Crippen molar-refractivity contribution < 1.29 is 9.59 Å². The molecule has 2 aromatic rings.